The van der Waals surface area contributed by atoms with E-state index in [2.05, 4.69) is 23.3 Å². The average Bonchev–Trinajstić information content (AvgIpc) is 2.44. The van der Waals surface area contributed by atoms with E-state index >= 15 is 0 Å². The molecule has 0 amide bonds. The first-order valence-electron chi connectivity index (χ1n) is 6.37. The first-order valence-corrected chi connectivity index (χ1v) is 7.57. The lowest BCUT2D eigenvalue weighted by atomic mass is 10.3. The Balaban J connectivity index is 1.97. The summed E-state index contributed by atoms with van der Waals surface area (Å²) < 4.78 is 0. The van der Waals surface area contributed by atoms with E-state index in [0.717, 1.165) is 34.5 Å². The summed E-state index contributed by atoms with van der Waals surface area (Å²) in [6.07, 6.45) is 3.07. The molecule has 1 heterocycles. The van der Waals surface area contributed by atoms with Gasteiger partial charge in [-0.1, -0.05) is 48.5 Å². The number of aromatic nitrogens is 1. The number of pyridine rings is 1. The van der Waals surface area contributed by atoms with Gasteiger partial charge in [0.15, 0.2) is 0 Å². The summed E-state index contributed by atoms with van der Waals surface area (Å²) in [7, 11) is 0. The van der Waals surface area contributed by atoms with Crippen LogP contribution in [0.5, 0.6) is 0 Å². The number of hydrogen-bond acceptors (Lipinski definition) is 3. The van der Waals surface area contributed by atoms with Gasteiger partial charge in [0.2, 0.25) is 0 Å². The van der Waals surface area contributed by atoms with Crippen LogP contribution in [0.1, 0.15) is 18.9 Å². The van der Waals surface area contributed by atoms with Crippen LogP contribution < -0.4 is 5.32 Å². The maximum absolute atomic E-state index is 6.13. The Kier molecular flexibility index (Phi) is 5.70. The van der Waals surface area contributed by atoms with Crippen molar-refractivity contribution in [1.29, 1.82) is 0 Å². The Bertz CT molecular complexity index is 514. The molecule has 0 aliphatic heterocycles. The number of benzene rings is 1. The molecule has 4 heteroatoms. The second-order valence-corrected chi connectivity index (χ2v) is 5.68. The fourth-order valence-electron chi connectivity index (χ4n) is 1.63. The van der Waals surface area contributed by atoms with Gasteiger partial charge in [-0.25, -0.2) is 4.98 Å². The summed E-state index contributed by atoms with van der Waals surface area (Å²) in [6, 6.07) is 12.0. The molecule has 0 aliphatic carbocycles. The fourth-order valence-corrected chi connectivity index (χ4v) is 2.66. The van der Waals surface area contributed by atoms with Crippen molar-refractivity contribution in [2.45, 2.75) is 29.8 Å². The molecule has 1 aromatic carbocycles. The Morgan fingerprint density at radius 1 is 1.21 bits per heavy atom. The average molecular weight is 293 g/mol. The summed E-state index contributed by atoms with van der Waals surface area (Å²) in [5.41, 5.74) is 1.21. The van der Waals surface area contributed by atoms with Crippen molar-refractivity contribution in [3.63, 3.8) is 0 Å². The summed E-state index contributed by atoms with van der Waals surface area (Å²) in [5, 5.41) is 5.09. The standard InChI is InChI=1S/C15H17ClN2S/c1-2-9-17-10-12-7-8-15(18-11-12)19-14-6-4-3-5-13(14)16/h3-8,11,17H,2,9-10H2,1H3. The lowest BCUT2D eigenvalue weighted by Gasteiger charge is -2.05. The molecular formula is C15H17ClN2S. The highest BCUT2D eigenvalue weighted by molar-refractivity contribution is 7.99. The zero-order chi connectivity index (χ0) is 13.5. The quantitative estimate of drug-likeness (QED) is 0.800. The molecule has 0 saturated heterocycles. The molecule has 1 aromatic heterocycles. The number of nitrogens with zero attached hydrogens (tertiary/aromatic N) is 1. The van der Waals surface area contributed by atoms with Crippen molar-refractivity contribution in [2.24, 2.45) is 0 Å². The van der Waals surface area contributed by atoms with E-state index in [1.54, 1.807) is 11.8 Å². The third-order valence-electron chi connectivity index (χ3n) is 2.60. The van der Waals surface area contributed by atoms with Crippen LogP contribution in [0.4, 0.5) is 0 Å². The molecule has 0 saturated carbocycles. The Morgan fingerprint density at radius 2 is 2.05 bits per heavy atom. The van der Waals surface area contributed by atoms with Crippen molar-refractivity contribution in [1.82, 2.24) is 10.3 Å². The van der Waals surface area contributed by atoms with Gasteiger partial charge in [0.25, 0.3) is 0 Å². The fraction of sp³-hybridized carbons (Fsp3) is 0.267. The second-order valence-electron chi connectivity index (χ2n) is 4.21. The zero-order valence-electron chi connectivity index (χ0n) is 10.9. The van der Waals surface area contributed by atoms with Gasteiger partial charge in [0.05, 0.1) is 5.02 Å². The SMILES string of the molecule is CCCNCc1ccc(Sc2ccccc2Cl)nc1. The zero-order valence-corrected chi connectivity index (χ0v) is 12.5. The van der Waals surface area contributed by atoms with E-state index in [4.69, 9.17) is 11.6 Å². The molecule has 0 fully saturated rings. The molecular weight excluding hydrogens is 276 g/mol. The van der Waals surface area contributed by atoms with E-state index < -0.39 is 0 Å². The smallest absolute Gasteiger partial charge is 0.101 e. The van der Waals surface area contributed by atoms with Crippen LogP contribution in [0, 0.1) is 0 Å². The van der Waals surface area contributed by atoms with Crippen molar-refractivity contribution in [3.8, 4) is 0 Å². The van der Waals surface area contributed by atoms with E-state index in [1.807, 2.05) is 36.5 Å². The first-order chi connectivity index (χ1) is 9.29. The normalized spacial score (nSPS) is 10.6. The van der Waals surface area contributed by atoms with Crippen LogP contribution in [0.25, 0.3) is 0 Å². The van der Waals surface area contributed by atoms with Crippen LogP contribution in [0.15, 0.2) is 52.5 Å². The molecule has 2 nitrogen and oxygen atoms in total. The molecule has 1 N–H and O–H groups in total. The summed E-state index contributed by atoms with van der Waals surface area (Å²) in [4.78, 5) is 5.49. The van der Waals surface area contributed by atoms with Crippen LogP contribution >= 0.6 is 23.4 Å². The number of rotatable bonds is 6. The first kappa shape index (κ1) is 14.4. The molecule has 0 unspecified atom stereocenters. The van der Waals surface area contributed by atoms with Gasteiger partial charge in [0.1, 0.15) is 5.03 Å². The number of nitrogens with one attached hydrogen (secondary N) is 1. The molecule has 0 spiro atoms. The molecule has 19 heavy (non-hydrogen) atoms. The van der Waals surface area contributed by atoms with Crippen LogP contribution in [0.2, 0.25) is 5.02 Å². The largest absolute Gasteiger partial charge is 0.313 e. The summed E-state index contributed by atoms with van der Waals surface area (Å²) in [5.74, 6) is 0. The highest BCUT2D eigenvalue weighted by Gasteiger charge is 2.03. The van der Waals surface area contributed by atoms with Gasteiger partial charge < -0.3 is 5.32 Å². The molecule has 0 atom stereocenters. The third kappa shape index (κ3) is 4.53. The van der Waals surface area contributed by atoms with E-state index in [1.165, 1.54) is 5.56 Å². The van der Waals surface area contributed by atoms with Crippen LogP contribution in [-0.4, -0.2) is 11.5 Å². The maximum atomic E-state index is 6.13. The lowest BCUT2D eigenvalue weighted by Crippen LogP contribution is -2.13. The topological polar surface area (TPSA) is 24.9 Å². The molecule has 100 valence electrons. The molecule has 2 rings (SSSR count). The lowest BCUT2D eigenvalue weighted by molar-refractivity contribution is 0.673. The van der Waals surface area contributed by atoms with Crippen LogP contribution in [0.3, 0.4) is 0 Å². The minimum Gasteiger partial charge on any atom is -0.313 e. The van der Waals surface area contributed by atoms with Gasteiger partial charge >= 0.3 is 0 Å². The molecule has 0 radical (unpaired) electrons. The van der Waals surface area contributed by atoms with Crippen molar-refractivity contribution < 1.29 is 0 Å². The predicted octanol–water partition coefficient (Wildman–Crippen LogP) is 4.39. The van der Waals surface area contributed by atoms with Gasteiger partial charge in [0, 0.05) is 17.6 Å². The highest BCUT2D eigenvalue weighted by Crippen LogP contribution is 2.31. The van der Waals surface area contributed by atoms with Crippen molar-refractivity contribution in [2.75, 3.05) is 6.54 Å². The Hall–Kier alpha value is -1.03. The van der Waals surface area contributed by atoms with E-state index in [0.29, 0.717) is 0 Å². The molecule has 2 aromatic rings. The third-order valence-corrected chi connectivity index (χ3v) is 4.07. The summed E-state index contributed by atoms with van der Waals surface area (Å²) >= 11 is 7.72. The molecule has 0 bridgehead atoms. The van der Waals surface area contributed by atoms with Crippen LogP contribution in [-0.2, 0) is 6.54 Å². The maximum Gasteiger partial charge on any atom is 0.101 e. The number of hydrogen-bond donors (Lipinski definition) is 1. The van der Waals surface area contributed by atoms with E-state index in [-0.39, 0.29) is 0 Å². The predicted molar refractivity (Wildman–Crippen MR) is 81.8 cm³/mol. The van der Waals surface area contributed by atoms with Crippen molar-refractivity contribution >= 4 is 23.4 Å². The van der Waals surface area contributed by atoms with Gasteiger partial charge in [-0.05, 0) is 36.7 Å². The number of halogens is 1. The Labute approximate surface area is 123 Å². The molecule has 0 aliphatic rings. The van der Waals surface area contributed by atoms with Gasteiger partial charge in [-0.2, -0.15) is 0 Å². The summed E-state index contributed by atoms with van der Waals surface area (Å²) in [6.45, 7) is 4.07. The highest BCUT2D eigenvalue weighted by atomic mass is 35.5. The minimum absolute atomic E-state index is 0.767. The van der Waals surface area contributed by atoms with Gasteiger partial charge in [-0.3, -0.25) is 0 Å². The monoisotopic (exact) mass is 292 g/mol. The minimum atomic E-state index is 0.767. The second kappa shape index (κ2) is 7.53. The van der Waals surface area contributed by atoms with Crippen molar-refractivity contribution in [3.05, 3.63) is 53.2 Å². The Morgan fingerprint density at radius 3 is 2.74 bits per heavy atom. The van der Waals surface area contributed by atoms with Gasteiger partial charge in [-0.15, -0.1) is 0 Å². The van der Waals surface area contributed by atoms with E-state index in [9.17, 15) is 0 Å².